The number of hydrogen-bond acceptors (Lipinski definition) is 7. The molecule has 0 spiro atoms. The Kier molecular flexibility index (Phi) is 9.95. The van der Waals surface area contributed by atoms with Crippen LogP contribution in [0.25, 0.3) is 0 Å². The molecular weight excluding hydrogens is 539 g/mol. The number of piperazine rings is 1. The van der Waals surface area contributed by atoms with E-state index in [1.165, 1.54) is 6.07 Å². The molecule has 1 amide bonds. The van der Waals surface area contributed by atoms with E-state index in [2.05, 4.69) is 41.1 Å². The van der Waals surface area contributed by atoms with Crippen molar-refractivity contribution in [1.29, 1.82) is 0 Å². The highest BCUT2D eigenvalue weighted by Gasteiger charge is 2.38. The molecule has 2 aliphatic heterocycles. The number of nitro groups is 1. The first-order chi connectivity index (χ1) is 19.5. The second kappa shape index (κ2) is 13.4. The molecule has 41 heavy (non-hydrogen) atoms. The van der Waals surface area contributed by atoms with E-state index < -0.39 is 22.4 Å². The second-order valence-electron chi connectivity index (χ2n) is 11.1. The molecule has 2 fully saturated rings. The number of amides is 1. The van der Waals surface area contributed by atoms with Crippen molar-refractivity contribution in [2.75, 3.05) is 62.6 Å². The number of rotatable bonds is 10. The van der Waals surface area contributed by atoms with Crippen LogP contribution >= 0.6 is 0 Å². The van der Waals surface area contributed by atoms with Gasteiger partial charge in [-0.3, -0.25) is 19.8 Å². The fourth-order valence-electron chi connectivity index (χ4n) is 5.18. The summed E-state index contributed by atoms with van der Waals surface area (Å²) in [6.07, 6.45) is -3.22. The number of piperidine rings is 1. The lowest BCUT2D eigenvalue weighted by Crippen LogP contribution is -2.48. The summed E-state index contributed by atoms with van der Waals surface area (Å²) in [5.41, 5.74) is -0.892. The first kappa shape index (κ1) is 30.4. The Bertz CT molecular complexity index is 1180. The molecule has 2 saturated heterocycles. The number of carbonyl (C=O) groups excluding carboxylic acids is 1. The average Bonchev–Trinajstić information content (AvgIpc) is 2.95. The van der Waals surface area contributed by atoms with E-state index in [9.17, 15) is 28.1 Å². The van der Waals surface area contributed by atoms with Gasteiger partial charge in [-0.05, 0) is 55.2 Å². The number of ether oxygens (including phenoxy) is 1. The van der Waals surface area contributed by atoms with Gasteiger partial charge in [-0.1, -0.05) is 13.8 Å². The van der Waals surface area contributed by atoms with Gasteiger partial charge in [0.2, 0.25) is 5.91 Å². The third-order valence-electron chi connectivity index (χ3n) is 7.52. The third-order valence-corrected chi connectivity index (χ3v) is 7.52. The van der Waals surface area contributed by atoms with Crippen LogP contribution in [-0.2, 0) is 11.0 Å². The number of likely N-dealkylation sites (tertiary alicyclic amines) is 1. The zero-order chi connectivity index (χ0) is 29.6. The van der Waals surface area contributed by atoms with Crippen molar-refractivity contribution < 1.29 is 27.6 Å². The Morgan fingerprint density at radius 3 is 2.29 bits per heavy atom. The Balaban J connectivity index is 1.17. The Morgan fingerprint density at radius 2 is 1.71 bits per heavy atom. The zero-order valence-corrected chi connectivity index (χ0v) is 23.5. The van der Waals surface area contributed by atoms with Gasteiger partial charge in [-0.15, -0.1) is 0 Å². The van der Waals surface area contributed by atoms with Crippen LogP contribution in [0.1, 0.15) is 38.7 Å². The maximum atomic E-state index is 13.3. The van der Waals surface area contributed by atoms with E-state index in [0.29, 0.717) is 51.4 Å². The van der Waals surface area contributed by atoms with Crippen molar-refractivity contribution in [3.05, 3.63) is 58.1 Å². The largest absolute Gasteiger partial charge is 0.493 e. The predicted molar refractivity (Wildman–Crippen MR) is 151 cm³/mol. The summed E-state index contributed by atoms with van der Waals surface area (Å²) in [5.74, 6) is 1.44. The van der Waals surface area contributed by atoms with Crippen molar-refractivity contribution in [2.24, 2.45) is 5.92 Å². The molecule has 12 heteroatoms. The highest BCUT2D eigenvalue weighted by Crippen LogP contribution is 2.38. The highest BCUT2D eigenvalue weighted by molar-refractivity contribution is 5.76. The van der Waals surface area contributed by atoms with Gasteiger partial charge in [0.25, 0.3) is 5.69 Å². The molecule has 0 aromatic heterocycles. The van der Waals surface area contributed by atoms with E-state index in [1.54, 1.807) is 0 Å². The number of nitrogens with one attached hydrogen (secondary N) is 1. The molecule has 2 heterocycles. The molecule has 9 nitrogen and oxygen atoms in total. The highest BCUT2D eigenvalue weighted by atomic mass is 19.4. The van der Waals surface area contributed by atoms with E-state index >= 15 is 0 Å². The van der Waals surface area contributed by atoms with Gasteiger partial charge in [0, 0.05) is 75.7 Å². The van der Waals surface area contributed by atoms with E-state index in [-0.39, 0.29) is 17.6 Å². The number of hydrogen-bond donors (Lipinski definition) is 1. The van der Waals surface area contributed by atoms with Gasteiger partial charge in [-0.25, -0.2) is 0 Å². The second-order valence-corrected chi connectivity index (χ2v) is 11.1. The standard InChI is InChI=1S/C29H38F3N5O4/c1-21(2)20-41-25-6-4-24(5-7-25)35-17-15-34(16-18-35)12-11-28(38)36-13-9-22(10-14-36)33-23-3-8-27(37(39)40)26(19-23)29(30,31)32/h3-8,19,21-22,33H,9-18,20H2,1-2H3. The van der Waals surface area contributed by atoms with Crippen molar-refractivity contribution in [1.82, 2.24) is 9.80 Å². The molecule has 0 bridgehead atoms. The van der Waals surface area contributed by atoms with Crippen LogP contribution in [0.3, 0.4) is 0 Å². The first-order valence-corrected chi connectivity index (χ1v) is 14.1. The van der Waals surface area contributed by atoms with Crippen LogP contribution < -0.4 is 15.0 Å². The fraction of sp³-hybridized carbons (Fsp3) is 0.552. The first-order valence-electron chi connectivity index (χ1n) is 14.1. The normalized spacial score (nSPS) is 17.1. The summed E-state index contributed by atoms with van der Waals surface area (Å²) < 4.78 is 45.6. The summed E-state index contributed by atoms with van der Waals surface area (Å²) >= 11 is 0. The number of nitro benzene ring substituents is 1. The van der Waals surface area contributed by atoms with Crippen molar-refractivity contribution in [2.45, 2.75) is 45.3 Å². The molecule has 0 aliphatic carbocycles. The summed E-state index contributed by atoms with van der Waals surface area (Å²) in [5, 5.41) is 14.0. The lowest BCUT2D eigenvalue weighted by molar-refractivity contribution is -0.388. The molecule has 0 unspecified atom stereocenters. The van der Waals surface area contributed by atoms with Gasteiger partial charge in [0.1, 0.15) is 11.3 Å². The Labute approximate surface area is 238 Å². The van der Waals surface area contributed by atoms with Crippen molar-refractivity contribution >= 4 is 23.0 Å². The molecule has 2 aromatic carbocycles. The van der Waals surface area contributed by atoms with Gasteiger partial charge in [0.15, 0.2) is 0 Å². The predicted octanol–water partition coefficient (Wildman–Crippen LogP) is 5.26. The maximum absolute atomic E-state index is 13.3. The number of alkyl halides is 3. The number of anilines is 2. The Hall–Kier alpha value is -3.54. The van der Waals surface area contributed by atoms with Crippen LogP contribution in [0.5, 0.6) is 5.75 Å². The number of halogens is 3. The molecule has 0 atom stereocenters. The van der Waals surface area contributed by atoms with Crippen LogP contribution in [0.2, 0.25) is 0 Å². The van der Waals surface area contributed by atoms with Gasteiger partial charge >= 0.3 is 6.18 Å². The summed E-state index contributed by atoms with van der Waals surface area (Å²) in [6, 6.07) is 11.0. The molecule has 224 valence electrons. The quantitative estimate of drug-likeness (QED) is 0.304. The number of carbonyl (C=O) groups is 1. The molecular formula is C29H38F3N5O4. The molecule has 2 aliphatic rings. The van der Waals surface area contributed by atoms with E-state index in [4.69, 9.17) is 4.74 Å². The van der Waals surface area contributed by atoms with Gasteiger partial charge in [0.05, 0.1) is 11.5 Å². The minimum Gasteiger partial charge on any atom is -0.493 e. The number of benzene rings is 2. The summed E-state index contributed by atoms with van der Waals surface area (Å²) in [7, 11) is 0. The monoisotopic (exact) mass is 577 g/mol. The van der Waals surface area contributed by atoms with Crippen LogP contribution in [0.4, 0.5) is 30.2 Å². The topological polar surface area (TPSA) is 91.2 Å². The van der Waals surface area contributed by atoms with Crippen LogP contribution in [0.15, 0.2) is 42.5 Å². The number of nitrogens with zero attached hydrogens (tertiary/aromatic N) is 4. The minimum absolute atomic E-state index is 0.0811. The third kappa shape index (κ3) is 8.48. The average molecular weight is 578 g/mol. The molecule has 1 N–H and O–H groups in total. The molecule has 0 radical (unpaired) electrons. The van der Waals surface area contributed by atoms with E-state index in [1.807, 2.05) is 17.0 Å². The van der Waals surface area contributed by atoms with Crippen LogP contribution in [-0.4, -0.2) is 79.1 Å². The van der Waals surface area contributed by atoms with E-state index in [0.717, 1.165) is 49.7 Å². The van der Waals surface area contributed by atoms with Crippen molar-refractivity contribution in [3.63, 3.8) is 0 Å². The summed E-state index contributed by atoms with van der Waals surface area (Å²) in [4.78, 5) is 29.2. The molecule has 4 rings (SSSR count). The smallest absolute Gasteiger partial charge is 0.423 e. The fourth-order valence-corrected chi connectivity index (χ4v) is 5.18. The van der Waals surface area contributed by atoms with Gasteiger partial charge in [-0.2, -0.15) is 13.2 Å². The maximum Gasteiger partial charge on any atom is 0.423 e. The zero-order valence-electron chi connectivity index (χ0n) is 23.5. The van der Waals surface area contributed by atoms with Gasteiger partial charge < -0.3 is 19.9 Å². The Morgan fingerprint density at radius 1 is 1.05 bits per heavy atom. The van der Waals surface area contributed by atoms with Crippen molar-refractivity contribution in [3.8, 4) is 5.75 Å². The molecule has 0 saturated carbocycles. The SMILES string of the molecule is CC(C)COc1ccc(N2CCN(CCC(=O)N3CCC(Nc4ccc([N+](=O)[O-])c(C(F)(F)F)c4)CC3)CC2)cc1. The lowest BCUT2D eigenvalue weighted by atomic mass is 10.0. The minimum atomic E-state index is -4.82. The lowest BCUT2D eigenvalue weighted by Gasteiger charge is -2.37. The molecule has 2 aromatic rings. The van der Waals surface area contributed by atoms with Crippen LogP contribution in [0, 0.1) is 16.0 Å². The summed E-state index contributed by atoms with van der Waals surface area (Å²) in [6.45, 7) is 10.2.